The van der Waals surface area contributed by atoms with Crippen molar-refractivity contribution in [2.45, 2.75) is 170 Å². The normalized spacial score (nSPS) is 14.2. The molecular weight excluding hydrogens is 1690 g/mol. The lowest BCUT2D eigenvalue weighted by Gasteiger charge is -2.30. The van der Waals surface area contributed by atoms with Crippen LogP contribution in [0.2, 0.25) is 0 Å². The number of carboxylic acid groups (broad SMARTS) is 2. The number of carbonyl (C=O) groups excluding carboxylic acids is 13. The van der Waals surface area contributed by atoms with Crippen molar-refractivity contribution in [2.24, 2.45) is 17.4 Å². The first-order valence-electron chi connectivity index (χ1n) is 42.4. The molecule has 1 unspecified atom stereocenters. The molecule has 0 radical (unpaired) electrons. The zero-order valence-corrected chi connectivity index (χ0v) is 72.2. The summed E-state index contributed by atoms with van der Waals surface area (Å²) < 4.78 is 0. The fourth-order valence-corrected chi connectivity index (χ4v) is 13.9. The number of aliphatic hydroxyl groups excluding tert-OH is 2. The van der Waals surface area contributed by atoms with Gasteiger partial charge in [0.25, 0.3) is 0 Å². The summed E-state index contributed by atoms with van der Waals surface area (Å²) in [5.74, 6) is -17.7. The zero-order valence-electron chi connectivity index (χ0n) is 72.2. The number of carbonyl (C=O) groups is 15. The molecule has 39 heteroatoms. The maximum Gasteiger partial charge on any atom is 0.326 e. The highest BCUT2D eigenvalue weighted by molar-refractivity contribution is 6.01. The number of para-hydroxylation sites is 1. The smallest absolute Gasteiger partial charge is 0.326 e. The van der Waals surface area contributed by atoms with E-state index < -0.39 is 199 Å². The van der Waals surface area contributed by atoms with Crippen LogP contribution < -0.4 is 85.9 Å². The zero-order chi connectivity index (χ0) is 95.2. The lowest BCUT2D eigenvalue weighted by Crippen LogP contribution is -2.62. The van der Waals surface area contributed by atoms with Gasteiger partial charge in [0.05, 0.1) is 32.2 Å². The number of carboxylic acids is 2. The first-order valence-corrected chi connectivity index (χ1v) is 42.4. The van der Waals surface area contributed by atoms with Gasteiger partial charge in [-0.1, -0.05) is 184 Å². The quantitative estimate of drug-likeness (QED) is 0.0120. The van der Waals surface area contributed by atoms with E-state index in [1.165, 1.54) is 55.5 Å². The van der Waals surface area contributed by atoms with Crippen LogP contribution in [0.4, 0.5) is 0 Å². The predicted molar refractivity (Wildman–Crippen MR) is 479 cm³/mol. The van der Waals surface area contributed by atoms with E-state index in [0.29, 0.717) is 49.8 Å². The van der Waals surface area contributed by atoms with Crippen LogP contribution >= 0.6 is 0 Å². The number of rotatable bonds is 51. The second-order valence-corrected chi connectivity index (χ2v) is 31.5. The van der Waals surface area contributed by atoms with Crippen LogP contribution in [0.1, 0.15) is 85.4 Å². The van der Waals surface area contributed by atoms with Crippen molar-refractivity contribution >= 4 is 106 Å². The summed E-state index contributed by atoms with van der Waals surface area (Å²) in [5, 5.41) is 106. The second-order valence-electron chi connectivity index (χ2n) is 31.5. The summed E-state index contributed by atoms with van der Waals surface area (Å²) in [6.07, 6.45) is -1.05. The summed E-state index contributed by atoms with van der Waals surface area (Å²) in [6.45, 7) is 1.75. The standard InChI is InChI=1S/C92H112N18O21/c1-4-52(2)78(110-87(126)70(42-56-24-13-7-14-25-56)103-88(127)74(50-111)109-89(128)75(51-112)108-81(120)66(43-58-31-35-61(113)36-32-58)99-76(115)49-98-80(119)65(100-79(118)53(3)93)30-19-39-96-92(94)95)90(129)106-69(44-59-33-37-62(114)38-34-59)84(123)104-71(46-60-48-97-64-29-18-17-28-63(60)64)85(124)102-67(40-54-20-9-5-10-21-54)82(121)101-68(41-55-22-11-6-12-23-55)83(122)105-72(47-77(116)117)86(125)107-73(91(130)131)45-57-26-15-8-16-27-57/h5-18,20-29,31-38,48,52-53,65-75,78,97,111-114H,4,19,30,39-47,49-51,93H2,1-3H3,(H,98,119)(H,99,115)(H,100,118)(H,101,121)(H,102,124)(H,103,127)(H,104,123)(H,105,122)(H,106,129)(H,107,125)(H,108,120)(H,109,128)(H,110,126)(H,116,117)(H,130,131)(H4,94,95,96)/t52?,53-,65-,66-,67-,68-,69-,70-,71-,72-,73-,74-,75-,78-/m0/s1. The molecule has 0 aliphatic heterocycles. The van der Waals surface area contributed by atoms with E-state index in [0.717, 1.165) is 0 Å². The van der Waals surface area contributed by atoms with Gasteiger partial charge in [0, 0.05) is 68.6 Å². The van der Waals surface area contributed by atoms with Gasteiger partial charge in [0.15, 0.2) is 5.96 Å². The molecule has 0 aliphatic carbocycles. The molecule has 0 fully saturated rings. The van der Waals surface area contributed by atoms with Gasteiger partial charge in [-0.25, -0.2) is 4.79 Å². The van der Waals surface area contributed by atoms with E-state index in [9.17, 15) is 78.6 Å². The number of aliphatic hydroxyl groups is 2. The third-order valence-corrected chi connectivity index (χ3v) is 21.3. The van der Waals surface area contributed by atoms with E-state index in [1.807, 2.05) is 0 Å². The van der Waals surface area contributed by atoms with E-state index in [1.54, 1.807) is 166 Å². The van der Waals surface area contributed by atoms with Crippen molar-refractivity contribution in [3.63, 3.8) is 0 Å². The predicted octanol–water partition coefficient (Wildman–Crippen LogP) is -1.29. The summed E-state index contributed by atoms with van der Waals surface area (Å²) in [7, 11) is 0. The van der Waals surface area contributed by atoms with Crippen molar-refractivity contribution in [1.29, 1.82) is 5.41 Å². The minimum Gasteiger partial charge on any atom is -0.508 e. The molecule has 0 bridgehead atoms. The molecule has 0 aliphatic rings. The van der Waals surface area contributed by atoms with Crippen molar-refractivity contribution in [3.05, 3.63) is 239 Å². The van der Waals surface area contributed by atoms with Crippen molar-refractivity contribution < 1.29 is 103 Å². The minimum atomic E-state index is -1.94. The number of fused-ring (bicyclic) bond motifs is 1. The number of amides is 13. The number of nitrogens with two attached hydrogens (primary N) is 2. The minimum absolute atomic E-state index is 0.00514. The van der Waals surface area contributed by atoms with E-state index >= 15 is 24.0 Å². The molecule has 1 heterocycles. The summed E-state index contributed by atoms with van der Waals surface area (Å²) in [6, 6.07) is 30.1. The molecule has 0 saturated carbocycles. The van der Waals surface area contributed by atoms with Gasteiger partial charge < -0.3 is 122 Å². The molecule has 131 heavy (non-hydrogen) atoms. The number of phenolic OH excluding ortho intramolecular Hbond substituents is 2. The number of aliphatic carboxylic acids is 2. The van der Waals surface area contributed by atoms with Gasteiger partial charge in [0.2, 0.25) is 76.8 Å². The van der Waals surface area contributed by atoms with Crippen molar-refractivity contribution in [2.75, 3.05) is 26.3 Å². The van der Waals surface area contributed by atoms with E-state index in [2.05, 4.69) is 79.4 Å². The Morgan fingerprint density at radius 1 is 0.374 bits per heavy atom. The maximum absolute atomic E-state index is 15.6. The molecule has 7 aromatic carbocycles. The van der Waals surface area contributed by atoms with Crippen molar-refractivity contribution in [1.82, 2.24) is 79.4 Å². The number of H-pyrrole nitrogens is 1. The van der Waals surface area contributed by atoms with Crippen LogP contribution in [-0.2, 0) is 117 Å². The van der Waals surface area contributed by atoms with Gasteiger partial charge in [-0.2, -0.15) is 0 Å². The molecule has 0 saturated heterocycles. The average Bonchev–Trinajstić information content (AvgIpc) is 1.67. The van der Waals surface area contributed by atoms with Gasteiger partial charge >= 0.3 is 11.9 Å². The van der Waals surface area contributed by atoms with Crippen LogP contribution in [0.3, 0.4) is 0 Å². The number of nitrogens with one attached hydrogen (secondary N) is 16. The lowest BCUT2D eigenvalue weighted by molar-refractivity contribution is -0.143. The van der Waals surface area contributed by atoms with Gasteiger partial charge in [0.1, 0.15) is 84.0 Å². The fraction of sp³-hybridized carbons (Fsp3) is 0.348. The summed E-state index contributed by atoms with van der Waals surface area (Å²) >= 11 is 0. The molecule has 14 atom stereocenters. The largest absolute Gasteiger partial charge is 0.508 e. The van der Waals surface area contributed by atoms with Crippen LogP contribution in [-0.4, -0.2) is 235 Å². The lowest BCUT2D eigenvalue weighted by atomic mass is 9.96. The number of phenols is 2. The Hall–Kier alpha value is -15.1. The third-order valence-electron chi connectivity index (χ3n) is 21.3. The SMILES string of the molecule is CCC(C)[C@H](NC(=O)[C@H](Cc1ccccc1)NC(=O)[C@H](CO)NC(=O)[C@H](CO)NC(=O)[C@H](Cc1ccc(O)cc1)NC(=O)CNC(=O)[C@H](CCCNC(=N)N)NC(=O)[C@H](C)N)C(=O)N[C@@H](Cc1ccc(O)cc1)C(=O)N[C@@H](Cc1c[nH]c2ccccc12)C(=O)N[C@@H](Cc1ccccc1)C(=O)N[C@@H](Cc1ccccc1)C(=O)N[C@@H](CC(=O)O)C(=O)N[C@@H](Cc1ccccc1)C(=O)O. The highest BCUT2D eigenvalue weighted by atomic mass is 16.4. The number of hydrogen-bond donors (Lipinski definition) is 24. The first-order chi connectivity index (χ1) is 62.7. The first kappa shape index (κ1) is 101. The Balaban J connectivity index is 1.03. The molecule has 8 aromatic rings. The molecule has 26 N–H and O–H groups in total. The van der Waals surface area contributed by atoms with E-state index in [4.69, 9.17) is 16.9 Å². The van der Waals surface area contributed by atoms with Gasteiger partial charge in [-0.05, 0) is 95.0 Å². The van der Waals surface area contributed by atoms with Gasteiger partial charge in [-0.3, -0.25) is 72.5 Å². The van der Waals surface area contributed by atoms with Crippen LogP contribution in [0.5, 0.6) is 11.5 Å². The Morgan fingerprint density at radius 3 is 1.11 bits per heavy atom. The Morgan fingerprint density at radius 2 is 0.710 bits per heavy atom. The highest BCUT2D eigenvalue weighted by Gasteiger charge is 2.39. The molecular formula is C92H112N18O21. The third kappa shape index (κ3) is 32.9. The number of aromatic nitrogens is 1. The van der Waals surface area contributed by atoms with E-state index in [-0.39, 0.29) is 88.2 Å². The number of guanidine groups is 1. The highest BCUT2D eigenvalue weighted by Crippen LogP contribution is 2.22. The molecule has 696 valence electrons. The van der Waals surface area contributed by atoms with Gasteiger partial charge in [-0.15, -0.1) is 0 Å². The fourth-order valence-electron chi connectivity index (χ4n) is 13.9. The summed E-state index contributed by atoms with van der Waals surface area (Å²) in [5.41, 5.74) is 14.8. The Bertz CT molecular complexity index is 5230. The second kappa shape index (κ2) is 51.0. The number of benzene rings is 7. The maximum atomic E-state index is 15.6. The molecule has 39 nitrogen and oxygen atoms in total. The van der Waals surface area contributed by atoms with Crippen molar-refractivity contribution in [3.8, 4) is 11.5 Å². The number of aromatic hydroxyl groups is 2. The molecule has 1 aromatic heterocycles. The number of aromatic amines is 1. The Kier molecular flexibility index (Phi) is 39.4. The van der Waals surface area contributed by atoms with Crippen LogP contribution in [0.25, 0.3) is 10.9 Å². The molecule has 8 rings (SSSR count). The monoisotopic (exact) mass is 1800 g/mol. The molecule has 0 spiro atoms. The average molecular weight is 1810 g/mol. The summed E-state index contributed by atoms with van der Waals surface area (Å²) in [4.78, 5) is 216. The topological polar surface area (TPSA) is 638 Å². The van der Waals surface area contributed by atoms with Crippen LogP contribution in [0, 0.1) is 11.3 Å². The number of hydrogen-bond acceptors (Lipinski definition) is 21. The van der Waals surface area contributed by atoms with Crippen LogP contribution in [0.15, 0.2) is 200 Å². The molecule has 13 amide bonds. The Labute approximate surface area is 753 Å².